The van der Waals surface area contributed by atoms with Crippen LogP contribution in [0.4, 0.5) is 0 Å². The molecule has 0 radical (unpaired) electrons. The summed E-state index contributed by atoms with van der Waals surface area (Å²) in [5, 5.41) is 35.7. The van der Waals surface area contributed by atoms with Gasteiger partial charge in [0.2, 0.25) is 6.10 Å². The summed E-state index contributed by atoms with van der Waals surface area (Å²) in [5.41, 5.74) is 0.497. The van der Waals surface area contributed by atoms with Crippen molar-refractivity contribution >= 4 is 30.0 Å². The van der Waals surface area contributed by atoms with Crippen molar-refractivity contribution in [2.75, 3.05) is 0 Å². The number of carboxylic acids is 3. The number of phenolic OH excluding ortho intramolecular Hbond substituents is 1. The van der Waals surface area contributed by atoms with Gasteiger partial charge in [0.15, 0.2) is 0 Å². The van der Waals surface area contributed by atoms with Crippen LogP contribution in [0.3, 0.4) is 0 Å². The summed E-state index contributed by atoms with van der Waals surface area (Å²) in [6.07, 6.45) is -1.03. The van der Waals surface area contributed by atoms with Gasteiger partial charge in [0.05, 0.1) is 6.42 Å². The Morgan fingerprint density at radius 1 is 1.00 bits per heavy atom. The van der Waals surface area contributed by atoms with E-state index in [1.165, 1.54) is 30.3 Å². The molecule has 0 saturated heterocycles. The highest BCUT2D eigenvalue weighted by Crippen LogP contribution is 2.15. The highest BCUT2D eigenvalue weighted by atomic mass is 16.6. The predicted molar refractivity (Wildman–Crippen MR) is 78.0 cm³/mol. The number of hydrogen-bond donors (Lipinski definition) is 4. The van der Waals surface area contributed by atoms with Gasteiger partial charge in [-0.2, -0.15) is 0 Å². The minimum absolute atomic E-state index is 0.0126. The Balaban J connectivity index is 2.85. The van der Waals surface area contributed by atoms with Gasteiger partial charge in [0.1, 0.15) is 11.7 Å². The predicted octanol–water partition coefficient (Wildman–Crippen LogP) is 0.577. The first-order valence-electron chi connectivity index (χ1n) is 6.56. The maximum atomic E-state index is 11.6. The Morgan fingerprint density at radius 3 is 2.04 bits per heavy atom. The summed E-state index contributed by atoms with van der Waals surface area (Å²) in [6, 6.07) is 5.66. The molecule has 0 bridgehead atoms. The van der Waals surface area contributed by atoms with E-state index in [2.05, 4.69) is 4.74 Å². The third-order valence-corrected chi connectivity index (χ3v) is 2.87. The monoisotopic (exact) mass is 338 g/mol. The fraction of sp³-hybridized carbons (Fsp3) is 0.200. The third-order valence-electron chi connectivity index (χ3n) is 2.87. The molecule has 9 nitrogen and oxygen atoms in total. The Bertz CT molecular complexity index is 660. The van der Waals surface area contributed by atoms with Gasteiger partial charge in [-0.05, 0) is 23.8 Å². The van der Waals surface area contributed by atoms with E-state index in [1.54, 1.807) is 0 Å². The summed E-state index contributed by atoms with van der Waals surface area (Å²) in [7, 11) is 0. The largest absolute Gasteiger partial charge is 0.508 e. The molecule has 0 fully saturated rings. The molecule has 0 unspecified atom stereocenters. The highest BCUT2D eigenvalue weighted by Gasteiger charge is 2.38. The van der Waals surface area contributed by atoms with E-state index >= 15 is 0 Å². The van der Waals surface area contributed by atoms with Crippen molar-refractivity contribution in [1.82, 2.24) is 0 Å². The average molecular weight is 338 g/mol. The van der Waals surface area contributed by atoms with Crippen LogP contribution in [0, 0.1) is 5.92 Å². The Kier molecular flexibility index (Phi) is 6.48. The number of ether oxygens (including phenoxy) is 1. The van der Waals surface area contributed by atoms with Gasteiger partial charge in [0.25, 0.3) is 0 Å². The maximum absolute atomic E-state index is 11.6. The summed E-state index contributed by atoms with van der Waals surface area (Å²) in [6.45, 7) is 0. The minimum atomic E-state index is -2.14. The maximum Gasteiger partial charge on any atom is 0.345 e. The first-order chi connectivity index (χ1) is 11.2. The molecular weight excluding hydrogens is 324 g/mol. The van der Waals surface area contributed by atoms with Crippen molar-refractivity contribution in [2.24, 2.45) is 5.92 Å². The number of esters is 1. The van der Waals surface area contributed by atoms with Gasteiger partial charge in [-0.1, -0.05) is 12.1 Å². The lowest BCUT2D eigenvalue weighted by molar-refractivity contribution is -0.172. The topological polar surface area (TPSA) is 158 Å². The van der Waals surface area contributed by atoms with E-state index in [0.717, 1.165) is 6.08 Å². The first kappa shape index (κ1) is 18.7. The quantitative estimate of drug-likeness (QED) is 0.393. The number of carboxylic acid groups (broad SMARTS) is 3. The molecule has 1 rings (SSSR count). The van der Waals surface area contributed by atoms with Crippen molar-refractivity contribution < 1.29 is 44.3 Å². The molecule has 1 aromatic carbocycles. The summed E-state index contributed by atoms with van der Waals surface area (Å²) in [5.74, 6) is -8.07. The number of carbonyl (C=O) groups is 4. The van der Waals surface area contributed by atoms with Crippen LogP contribution in [0.5, 0.6) is 5.75 Å². The van der Waals surface area contributed by atoms with Crippen LogP contribution in [0.2, 0.25) is 0 Å². The van der Waals surface area contributed by atoms with E-state index in [4.69, 9.17) is 20.4 Å². The van der Waals surface area contributed by atoms with Crippen molar-refractivity contribution in [3.05, 3.63) is 35.9 Å². The van der Waals surface area contributed by atoms with Gasteiger partial charge >= 0.3 is 23.9 Å². The van der Waals surface area contributed by atoms with Crippen LogP contribution in [-0.4, -0.2) is 50.4 Å². The Labute approximate surface area is 135 Å². The van der Waals surface area contributed by atoms with Gasteiger partial charge in [0, 0.05) is 6.08 Å². The van der Waals surface area contributed by atoms with E-state index in [1.807, 2.05) is 0 Å². The lowest BCUT2D eigenvalue weighted by atomic mass is 9.98. The number of carbonyl (C=O) groups excluding carboxylic acids is 1. The van der Waals surface area contributed by atoms with E-state index in [0.29, 0.717) is 5.56 Å². The van der Waals surface area contributed by atoms with Crippen LogP contribution in [0.1, 0.15) is 12.0 Å². The molecule has 1 aromatic rings. The van der Waals surface area contributed by atoms with E-state index in [-0.39, 0.29) is 5.75 Å². The second-order valence-electron chi connectivity index (χ2n) is 4.66. The van der Waals surface area contributed by atoms with E-state index < -0.39 is 42.3 Å². The average Bonchev–Trinajstić information content (AvgIpc) is 2.49. The molecule has 0 saturated carbocycles. The SMILES string of the molecule is O=C(O)C[C@@H](C(=O)O)[C@H](OC(=O)/C=C/c1ccc(O)cc1)C(=O)O. The molecule has 24 heavy (non-hydrogen) atoms. The Hall–Kier alpha value is -3.36. The lowest BCUT2D eigenvalue weighted by Gasteiger charge is -2.18. The van der Waals surface area contributed by atoms with Crippen LogP contribution < -0.4 is 0 Å². The third kappa shape index (κ3) is 5.79. The lowest BCUT2D eigenvalue weighted by Crippen LogP contribution is -2.39. The molecule has 0 aliphatic rings. The molecule has 0 aliphatic heterocycles. The second kappa shape index (κ2) is 8.32. The zero-order chi connectivity index (χ0) is 18.3. The van der Waals surface area contributed by atoms with Crippen molar-refractivity contribution in [1.29, 1.82) is 0 Å². The zero-order valence-electron chi connectivity index (χ0n) is 12.2. The first-order valence-corrected chi connectivity index (χ1v) is 6.56. The molecule has 9 heteroatoms. The normalized spacial score (nSPS) is 13.2. The molecule has 0 spiro atoms. The van der Waals surface area contributed by atoms with Crippen LogP contribution in [0.25, 0.3) is 6.08 Å². The molecule has 0 heterocycles. The molecule has 0 aromatic heterocycles. The second-order valence-corrected chi connectivity index (χ2v) is 4.66. The van der Waals surface area contributed by atoms with Gasteiger partial charge in [-0.25, -0.2) is 9.59 Å². The highest BCUT2D eigenvalue weighted by molar-refractivity contribution is 5.91. The summed E-state index contributed by atoms with van der Waals surface area (Å²) >= 11 is 0. The van der Waals surface area contributed by atoms with Gasteiger partial charge < -0.3 is 25.2 Å². The van der Waals surface area contributed by atoms with Gasteiger partial charge in [-0.15, -0.1) is 0 Å². The number of hydrogen-bond acceptors (Lipinski definition) is 6. The molecule has 2 atom stereocenters. The molecule has 0 amide bonds. The van der Waals surface area contributed by atoms with E-state index in [9.17, 15) is 19.2 Å². The fourth-order valence-corrected chi connectivity index (χ4v) is 1.73. The molecule has 4 N–H and O–H groups in total. The van der Waals surface area contributed by atoms with Crippen molar-refractivity contribution in [2.45, 2.75) is 12.5 Å². The smallest absolute Gasteiger partial charge is 0.345 e. The van der Waals surface area contributed by atoms with Crippen LogP contribution >= 0.6 is 0 Å². The molecular formula is C15H14O9. The minimum Gasteiger partial charge on any atom is -0.508 e. The number of rotatable bonds is 8. The molecule has 0 aliphatic carbocycles. The summed E-state index contributed by atoms with van der Waals surface area (Å²) in [4.78, 5) is 44.4. The molecule has 128 valence electrons. The van der Waals surface area contributed by atoms with Crippen molar-refractivity contribution in [3.8, 4) is 5.75 Å². The van der Waals surface area contributed by atoms with Crippen molar-refractivity contribution in [3.63, 3.8) is 0 Å². The zero-order valence-corrected chi connectivity index (χ0v) is 12.2. The number of benzene rings is 1. The van der Waals surface area contributed by atoms with Crippen LogP contribution in [-0.2, 0) is 23.9 Å². The number of aliphatic carboxylic acids is 3. The van der Waals surface area contributed by atoms with Crippen LogP contribution in [0.15, 0.2) is 30.3 Å². The number of aromatic hydroxyl groups is 1. The standard InChI is InChI=1S/C15H14O9/c16-9-4-1-8(2-5-9)3-6-12(19)24-13(15(22)23)10(14(20)21)7-11(17)18/h1-6,10,13,16H,7H2,(H,17,18)(H,20,21)(H,22,23)/b6-3+/t10-,13+/m1/s1. The summed E-state index contributed by atoms with van der Waals surface area (Å²) < 4.78 is 4.56. The number of phenols is 1. The fourth-order valence-electron chi connectivity index (χ4n) is 1.73. The Morgan fingerprint density at radius 2 is 1.58 bits per heavy atom. The van der Waals surface area contributed by atoms with Gasteiger partial charge in [-0.3, -0.25) is 9.59 Å².